The molecule has 0 radical (unpaired) electrons. The number of amides is 1. The third-order valence-electron chi connectivity index (χ3n) is 2.49. The van der Waals surface area contributed by atoms with Gasteiger partial charge in [-0.15, -0.1) is 12.4 Å². The summed E-state index contributed by atoms with van der Waals surface area (Å²) in [6, 6.07) is 6.02. The predicted octanol–water partition coefficient (Wildman–Crippen LogP) is 1.96. The van der Waals surface area contributed by atoms with Crippen molar-refractivity contribution in [2.75, 3.05) is 12.4 Å². The molecular formula is C13H19ClN2O3. The second kappa shape index (κ2) is 8.50. The van der Waals surface area contributed by atoms with Gasteiger partial charge in [-0.3, -0.25) is 4.79 Å². The Bertz CT molecular complexity index is 438. The fourth-order valence-corrected chi connectivity index (χ4v) is 1.52. The topological polar surface area (TPSA) is 81.4 Å². The minimum atomic E-state index is -0.531. The van der Waals surface area contributed by atoms with Crippen molar-refractivity contribution in [1.82, 2.24) is 0 Å². The molecule has 6 heteroatoms. The van der Waals surface area contributed by atoms with Crippen molar-refractivity contribution < 1.29 is 14.3 Å². The molecule has 0 aromatic heterocycles. The van der Waals surface area contributed by atoms with Crippen LogP contribution in [0.25, 0.3) is 0 Å². The van der Waals surface area contributed by atoms with Crippen LogP contribution in [-0.4, -0.2) is 25.0 Å². The van der Waals surface area contributed by atoms with E-state index in [1.54, 1.807) is 24.3 Å². The number of nitrogens with two attached hydrogens (primary N) is 1. The van der Waals surface area contributed by atoms with E-state index in [1.807, 2.05) is 6.92 Å². The predicted molar refractivity (Wildman–Crippen MR) is 76.5 cm³/mol. The largest absolute Gasteiger partial charge is 0.465 e. The molecule has 106 valence electrons. The first-order valence-corrected chi connectivity index (χ1v) is 5.83. The van der Waals surface area contributed by atoms with E-state index in [1.165, 1.54) is 7.11 Å². The minimum absolute atomic E-state index is 0. The number of anilines is 1. The van der Waals surface area contributed by atoms with Gasteiger partial charge in [0.1, 0.15) is 0 Å². The zero-order valence-corrected chi connectivity index (χ0v) is 11.8. The van der Waals surface area contributed by atoms with E-state index in [-0.39, 0.29) is 18.3 Å². The van der Waals surface area contributed by atoms with Gasteiger partial charge in [0.15, 0.2) is 0 Å². The van der Waals surface area contributed by atoms with Crippen LogP contribution in [0.2, 0.25) is 0 Å². The van der Waals surface area contributed by atoms with Gasteiger partial charge in [-0.1, -0.05) is 19.4 Å². The summed E-state index contributed by atoms with van der Waals surface area (Å²) < 4.78 is 4.61. The summed E-state index contributed by atoms with van der Waals surface area (Å²) in [6.07, 6.45) is 1.47. The number of hydrogen-bond acceptors (Lipinski definition) is 4. The highest BCUT2D eigenvalue weighted by Gasteiger charge is 2.13. The van der Waals surface area contributed by atoms with Crippen LogP contribution in [0.3, 0.4) is 0 Å². The average molecular weight is 287 g/mol. The number of carbonyl (C=O) groups is 2. The normalized spacial score (nSPS) is 11.1. The van der Waals surface area contributed by atoms with Crippen LogP contribution in [0.15, 0.2) is 24.3 Å². The van der Waals surface area contributed by atoms with Crippen LogP contribution < -0.4 is 11.1 Å². The Labute approximate surface area is 118 Å². The molecule has 3 N–H and O–H groups in total. The van der Waals surface area contributed by atoms with Gasteiger partial charge in [0.05, 0.1) is 18.7 Å². The Hall–Kier alpha value is -1.59. The number of ether oxygens (including phenoxy) is 1. The highest BCUT2D eigenvalue weighted by molar-refractivity contribution is 5.96. The molecule has 0 spiro atoms. The van der Waals surface area contributed by atoms with E-state index in [9.17, 15) is 9.59 Å². The van der Waals surface area contributed by atoms with Gasteiger partial charge < -0.3 is 15.8 Å². The second-order valence-corrected chi connectivity index (χ2v) is 3.96. The first-order chi connectivity index (χ1) is 8.58. The van der Waals surface area contributed by atoms with E-state index >= 15 is 0 Å². The lowest BCUT2D eigenvalue weighted by atomic mass is 10.1. The molecule has 1 amide bonds. The van der Waals surface area contributed by atoms with Crippen molar-refractivity contribution in [3.63, 3.8) is 0 Å². The maximum atomic E-state index is 11.7. The first kappa shape index (κ1) is 17.4. The SMILES string of the molecule is CCCC(N)C(=O)Nc1cccc(C(=O)OC)c1.Cl. The number of halogens is 1. The van der Waals surface area contributed by atoms with E-state index < -0.39 is 12.0 Å². The van der Waals surface area contributed by atoms with Gasteiger partial charge in [-0.25, -0.2) is 4.79 Å². The molecule has 0 saturated carbocycles. The molecule has 0 saturated heterocycles. The monoisotopic (exact) mass is 286 g/mol. The van der Waals surface area contributed by atoms with Crippen LogP contribution >= 0.6 is 12.4 Å². The zero-order chi connectivity index (χ0) is 13.5. The third-order valence-corrected chi connectivity index (χ3v) is 2.49. The Balaban J connectivity index is 0.00000324. The zero-order valence-electron chi connectivity index (χ0n) is 11.0. The highest BCUT2D eigenvalue weighted by atomic mass is 35.5. The lowest BCUT2D eigenvalue weighted by molar-refractivity contribution is -0.117. The molecule has 0 aliphatic rings. The summed E-state index contributed by atoms with van der Waals surface area (Å²) in [5.74, 6) is -0.692. The maximum Gasteiger partial charge on any atom is 0.337 e. The average Bonchev–Trinajstić information content (AvgIpc) is 2.38. The molecule has 1 unspecified atom stereocenters. The van der Waals surface area contributed by atoms with Gasteiger partial charge in [-0.2, -0.15) is 0 Å². The van der Waals surface area contributed by atoms with Gasteiger partial charge in [0, 0.05) is 5.69 Å². The number of benzene rings is 1. The lowest BCUT2D eigenvalue weighted by Crippen LogP contribution is -2.35. The van der Waals surface area contributed by atoms with Gasteiger partial charge in [0.25, 0.3) is 0 Å². The van der Waals surface area contributed by atoms with Crippen LogP contribution in [0, 0.1) is 0 Å². The number of nitrogens with one attached hydrogen (secondary N) is 1. The molecule has 1 aromatic carbocycles. The molecule has 0 heterocycles. The maximum absolute atomic E-state index is 11.7. The number of methoxy groups -OCH3 is 1. The molecule has 0 fully saturated rings. The summed E-state index contributed by atoms with van der Waals surface area (Å²) in [5.41, 5.74) is 6.62. The standard InChI is InChI=1S/C13H18N2O3.ClH/c1-3-5-11(14)12(16)15-10-7-4-6-9(8-10)13(17)18-2;/h4,6-8,11H,3,5,14H2,1-2H3,(H,15,16);1H. The van der Waals surface area contributed by atoms with E-state index in [0.717, 1.165) is 6.42 Å². The molecule has 1 rings (SSSR count). The first-order valence-electron chi connectivity index (χ1n) is 5.83. The van der Waals surface area contributed by atoms with Crippen molar-refractivity contribution >= 4 is 30.0 Å². The fraction of sp³-hybridized carbons (Fsp3) is 0.385. The Kier molecular flexibility index (Phi) is 7.79. The molecule has 0 bridgehead atoms. The lowest BCUT2D eigenvalue weighted by Gasteiger charge is -2.11. The summed E-state index contributed by atoms with van der Waals surface area (Å²) in [4.78, 5) is 23.0. The molecule has 1 atom stereocenters. The second-order valence-electron chi connectivity index (χ2n) is 3.96. The van der Waals surface area contributed by atoms with Crippen molar-refractivity contribution in [2.45, 2.75) is 25.8 Å². The molecule has 19 heavy (non-hydrogen) atoms. The molecule has 0 aliphatic heterocycles. The molecule has 1 aromatic rings. The van der Waals surface area contributed by atoms with Gasteiger partial charge in [-0.05, 0) is 24.6 Å². The quantitative estimate of drug-likeness (QED) is 0.811. The fourth-order valence-electron chi connectivity index (χ4n) is 1.52. The number of hydrogen-bond donors (Lipinski definition) is 2. The van der Waals surface area contributed by atoms with Crippen LogP contribution in [0.4, 0.5) is 5.69 Å². The molecule has 5 nitrogen and oxygen atoms in total. The van der Waals surface area contributed by atoms with Crippen LogP contribution in [0.5, 0.6) is 0 Å². The summed E-state index contributed by atoms with van der Waals surface area (Å²) in [5, 5.41) is 2.67. The van der Waals surface area contributed by atoms with Crippen molar-refractivity contribution in [3.05, 3.63) is 29.8 Å². The highest BCUT2D eigenvalue weighted by Crippen LogP contribution is 2.12. The smallest absolute Gasteiger partial charge is 0.337 e. The van der Waals surface area contributed by atoms with E-state index in [0.29, 0.717) is 17.7 Å². The van der Waals surface area contributed by atoms with Gasteiger partial charge >= 0.3 is 5.97 Å². The van der Waals surface area contributed by atoms with E-state index in [2.05, 4.69) is 10.1 Å². The summed E-state index contributed by atoms with van der Waals surface area (Å²) in [7, 11) is 1.31. The Morgan fingerprint density at radius 1 is 1.42 bits per heavy atom. The molecule has 0 aliphatic carbocycles. The molecular weight excluding hydrogens is 268 g/mol. The third kappa shape index (κ3) is 5.28. The van der Waals surface area contributed by atoms with Crippen LogP contribution in [-0.2, 0) is 9.53 Å². The summed E-state index contributed by atoms with van der Waals surface area (Å²) in [6.45, 7) is 1.96. The summed E-state index contributed by atoms with van der Waals surface area (Å²) >= 11 is 0. The Morgan fingerprint density at radius 3 is 2.68 bits per heavy atom. The van der Waals surface area contributed by atoms with Crippen molar-refractivity contribution in [3.8, 4) is 0 Å². The number of carbonyl (C=O) groups excluding carboxylic acids is 2. The van der Waals surface area contributed by atoms with Crippen molar-refractivity contribution in [1.29, 1.82) is 0 Å². The van der Waals surface area contributed by atoms with Crippen LogP contribution in [0.1, 0.15) is 30.1 Å². The van der Waals surface area contributed by atoms with E-state index in [4.69, 9.17) is 5.73 Å². The van der Waals surface area contributed by atoms with Gasteiger partial charge in [0.2, 0.25) is 5.91 Å². The Morgan fingerprint density at radius 2 is 2.11 bits per heavy atom. The number of rotatable bonds is 5. The minimum Gasteiger partial charge on any atom is -0.465 e. The van der Waals surface area contributed by atoms with Crippen molar-refractivity contribution in [2.24, 2.45) is 5.73 Å². The number of esters is 1.